The Morgan fingerprint density at radius 3 is 2.60 bits per heavy atom. The van der Waals surface area contributed by atoms with E-state index in [9.17, 15) is 0 Å². The molecule has 3 aromatic rings. The van der Waals surface area contributed by atoms with Crippen LogP contribution in [0.2, 0.25) is 0 Å². The number of hydrogen-bond donors (Lipinski definition) is 0. The maximum atomic E-state index is 5.68. The second-order valence-corrected chi connectivity index (χ2v) is 8.95. The minimum atomic E-state index is 0.179. The highest BCUT2D eigenvalue weighted by Crippen LogP contribution is 2.36. The number of morpholine rings is 1. The predicted molar refractivity (Wildman–Crippen MR) is 117 cm³/mol. The molecular formula is C23H32N6O. The molecule has 0 bridgehead atoms. The summed E-state index contributed by atoms with van der Waals surface area (Å²) in [5.41, 5.74) is 4.18. The maximum Gasteiger partial charge on any atom is 0.166 e. The highest BCUT2D eigenvalue weighted by atomic mass is 16.5. The third kappa shape index (κ3) is 3.54. The Kier molecular flexibility index (Phi) is 5.33. The molecule has 160 valence electrons. The van der Waals surface area contributed by atoms with Gasteiger partial charge in [-0.25, -0.2) is 14.5 Å². The van der Waals surface area contributed by atoms with E-state index in [0.717, 1.165) is 61.3 Å². The summed E-state index contributed by atoms with van der Waals surface area (Å²) < 4.78 is 9.94. The van der Waals surface area contributed by atoms with Gasteiger partial charge in [0.25, 0.3) is 0 Å². The Morgan fingerprint density at radius 2 is 1.83 bits per heavy atom. The Morgan fingerprint density at radius 1 is 1.07 bits per heavy atom. The van der Waals surface area contributed by atoms with E-state index in [4.69, 9.17) is 14.7 Å². The molecule has 0 amide bonds. The molecule has 4 heterocycles. The lowest BCUT2D eigenvalue weighted by atomic mass is 9.87. The molecule has 0 radical (unpaired) electrons. The summed E-state index contributed by atoms with van der Waals surface area (Å²) in [4.78, 5) is 12.2. The van der Waals surface area contributed by atoms with Gasteiger partial charge in [0.2, 0.25) is 0 Å². The molecule has 0 atom stereocenters. The van der Waals surface area contributed by atoms with Crippen molar-refractivity contribution in [1.29, 1.82) is 0 Å². The molecule has 1 aliphatic carbocycles. The van der Waals surface area contributed by atoms with Crippen LogP contribution in [0.15, 0.2) is 24.7 Å². The van der Waals surface area contributed by atoms with Crippen molar-refractivity contribution in [1.82, 2.24) is 29.0 Å². The van der Waals surface area contributed by atoms with Crippen LogP contribution in [0.4, 0.5) is 0 Å². The summed E-state index contributed by atoms with van der Waals surface area (Å²) in [6.07, 6.45) is 13.8. The number of aromatic nitrogens is 5. The Labute approximate surface area is 178 Å². The Balaban J connectivity index is 1.53. The zero-order chi connectivity index (χ0) is 20.6. The van der Waals surface area contributed by atoms with Gasteiger partial charge in [-0.3, -0.25) is 4.90 Å². The highest BCUT2D eigenvalue weighted by Gasteiger charge is 2.38. The van der Waals surface area contributed by atoms with Crippen LogP contribution in [0.1, 0.15) is 49.9 Å². The van der Waals surface area contributed by atoms with Gasteiger partial charge in [0.05, 0.1) is 25.0 Å². The SMILES string of the molecule is Cc1cc(C)n2ncc(-c3nccn3CC3(N4CCOCC4)CCCCCC3)c2n1. The zero-order valence-electron chi connectivity index (χ0n) is 18.2. The molecule has 1 saturated carbocycles. The molecule has 30 heavy (non-hydrogen) atoms. The molecule has 0 spiro atoms. The van der Waals surface area contributed by atoms with Crippen LogP contribution in [0.25, 0.3) is 17.0 Å². The molecule has 0 aromatic carbocycles. The standard InChI is InChI=1S/C23H32N6O/c1-18-15-19(2)29-22(26-18)20(16-25-29)21-24-9-10-27(21)17-23(7-5-3-4-6-8-23)28-11-13-30-14-12-28/h9-10,15-16H,3-8,11-14,17H2,1-2H3. The molecule has 1 aliphatic heterocycles. The van der Waals surface area contributed by atoms with Crippen LogP contribution in [-0.4, -0.2) is 60.9 Å². The zero-order valence-corrected chi connectivity index (χ0v) is 18.2. The fourth-order valence-electron chi connectivity index (χ4n) is 5.42. The van der Waals surface area contributed by atoms with Crippen molar-refractivity contribution in [2.45, 2.75) is 64.5 Å². The van der Waals surface area contributed by atoms with E-state index in [1.807, 2.05) is 23.8 Å². The van der Waals surface area contributed by atoms with E-state index >= 15 is 0 Å². The summed E-state index contributed by atoms with van der Waals surface area (Å²) in [5.74, 6) is 0.972. The normalized spacial score (nSPS) is 20.5. The van der Waals surface area contributed by atoms with Gasteiger partial charge in [-0.15, -0.1) is 0 Å². The monoisotopic (exact) mass is 408 g/mol. The molecule has 3 aromatic heterocycles. The van der Waals surface area contributed by atoms with Crippen LogP contribution in [0.3, 0.4) is 0 Å². The molecule has 1 saturated heterocycles. The fourth-order valence-corrected chi connectivity index (χ4v) is 5.42. The summed E-state index contributed by atoms with van der Waals surface area (Å²) in [6, 6.07) is 2.06. The van der Waals surface area contributed by atoms with Crippen molar-refractivity contribution < 1.29 is 4.74 Å². The van der Waals surface area contributed by atoms with Crippen molar-refractivity contribution in [3.63, 3.8) is 0 Å². The number of imidazole rings is 1. The van der Waals surface area contributed by atoms with E-state index < -0.39 is 0 Å². The molecular weight excluding hydrogens is 376 g/mol. The lowest BCUT2D eigenvalue weighted by Crippen LogP contribution is -2.55. The number of hydrogen-bond acceptors (Lipinski definition) is 5. The Bertz CT molecular complexity index is 1010. The lowest BCUT2D eigenvalue weighted by Gasteiger charge is -2.46. The topological polar surface area (TPSA) is 60.5 Å². The van der Waals surface area contributed by atoms with Crippen LogP contribution in [0.5, 0.6) is 0 Å². The van der Waals surface area contributed by atoms with Crippen LogP contribution >= 0.6 is 0 Å². The van der Waals surface area contributed by atoms with E-state index in [2.05, 4.69) is 33.8 Å². The summed E-state index contributed by atoms with van der Waals surface area (Å²) >= 11 is 0. The first-order valence-corrected chi connectivity index (χ1v) is 11.3. The van der Waals surface area contributed by atoms with Gasteiger partial charge in [0.1, 0.15) is 5.82 Å². The van der Waals surface area contributed by atoms with Gasteiger partial charge in [0, 0.05) is 49.0 Å². The van der Waals surface area contributed by atoms with Gasteiger partial charge in [0.15, 0.2) is 5.65 Å². The third-order valence-corrected chi connectivity index (χ3v) is 6.92. The van der Waals surface area contributed by atoms with Gasteiger partial charge in [-0.1, -0.05) is 25.7 Å². The first kappa shape index (κ1) is 19.7. The molecule has 5 rings (SSSR count). The largest absolute Gasteiger partial charge is 0.379 e. The number of rotatable bonds is 4. The van der Waals surface area contributed by atoms with E-state index in [0.29, 0.717) is 0 Å². The van der Waals surface area contributed by atoms with Crippen molar-refractivity contribution in [3.8, 4) is 11.4 Å². The molecule has 7 heteroatoms. The first-order chi connectivity index (χ1) is 14.7. The molecule has 7 nitrogen and oxygen atoms in total. The number of aryl methyl sites for hydroxylation is 2. The molecule has 0 unspecified atom stereocenters. The maximum absolute atomic E-state index is 5.68. The highest BCUT2D eigenvalue weighted by molar-refractivity contribution is 5.72. The number of nitrogens with zero attached hydrogens (tertiary/aromatic N) is 6. The summed E-state index contributed by atoms with van der Waals surface area (Å²) in [7, 11) is 0. The molecule has 2 fully saturated rings. The minimum Gasteiger partial charge on any atom is -0.379 e. The quantitative estimate of drug-likeness (QED) is 0.617. The lowest BCUT2D eigenvalue weighted by molar-refractivity contribution is -0.0359. The first-order valence-electron chi connectivity index (χ1n) is 11.3. The minimum absolute atomic E-state index is 0.179. The van der Waals surface area contributed by atoms with Gasteiger partial charge in [-0.05, 0) is 32.8 Å². The predicted octanol–water partition coefficient (Wildman–Crippen LogP) is 3.63. The third-order valence-electron chi connectivity index (χ3n) is 6.92. The van der Waals surface area contributed by atoms with Crippen LogP contribution in [-0.2, 0) is 11.3 Å². The fraction of sp³-hybridized carbons (Fsp3) is 0.609. The van der Waals surface area contributed by atoms with E-state index in [1.165, 1.54) is 38.5 Å². The second kappa shape index (κ2) is 8.12. The van der Waals surface area contributed by atoms with Gasteiger partial charge in [-0.2, -0.15) is 5.10 Å². The second-order valence-electron chi connectivity index (χ2n) is 8.95. The van der Waals surface area contributed by atoms with E-state index in [-0.39, 0.29) is 5.54 Å². The van der Waals surface area contributed by atoms with Gasteiger partial charge < -0.3 is 9.30 Å². The van der Waals surface area contributed by atoms with Crippen LogP contribution < -0.4 is 0 Å². The Hall–Kier alpha value is -2.25. The van der Waals surface area contributed by atoms with Gasteiger partial charge >= 0.3 is 0 Å². The summed E-state index contributed by atoms with van der Waals surface area (Å²) in [5, 5.41) is 4.60. The van der Waals surface area contributed by atoms with Crippen molar-refractivity contribution >= 4 is 5.65 Å². The van der Waals surface area contributed by atoms with Crippen molar-refractivity contribution in [3.05, 3.63) is 36.0 Å². The van der Waals surface area contributed by atoms with Crippen molar-refractivity contribution in [2.24, 2.45) is 0 Å². The van der Waals surface area contributed by atoms with Crippen molar-refractivity contribution in [2.75, 3.05) is 26.3 Å². The number of ether oxygens (including phenoxy) is 1. The number of fused-ring (bicyclic) bond motifs is 1. The molecule has 0 N–H and O–H groups in total. The van der Waals surface area contributed by atoms with E-state index in [1.54, 1.807) is 0 Å². The summed E-state index contributed by atoms with van der Waals surface area (Å²) in [6.45, 7) is 8.81. The smallest absolute Gasteiger partial charge is 0.166 e. The average Bonchev–Trinajstić information content (AvgIpc) is 3.29. The van der Waals surface area contributed by atoms with Crippen LogP contribution in [0, 0.1) is 13.8 Å². The average molecular weight is 409 g/mol. The molecule has 2 aliphatic rings.